The van der Waals surface area contributed by atoms with Gasteiger partial charge in [-0.05, 0) is 55.7 Å². The molecule has 1 fully saturated rings. The van der Waals surface area contributed by atoms with E-state index < -0.39 is 0 Å². The van der Waals surface area contributed by atoms with E-state index in [0.29, 0.717) is 29.0 Å². The molecule has 5 N–H and O–H groups in total. The van der Waals surface area contributed by atoms with E-state index in [0.717, 1.165) is 12.1 Å². The first-order valence-corrected chi connectivity index (χ1v) is 10.4. The molecule has 2 unspecified atom stereocenters. The van der Waals surface area contributed by atoms with Crippen molar-refractivity contribution in [2.45, 2.75) is 38.3 Å². The molecule has 0 radical (unpaired) electrons. The van der Waals surface area contributed by atoms with Crippen molar-refractivity contribution in [3.8, 4) is 5.69 Å². The molecule has 6 heteroatoms. The number of hydrogen-bond donors (Lipinski definition) is 3. The van der Waals surface area contributed by atoms with Crippen LogP contribution in [0.5, 0.6) is 0 Å². The molecule has 1 saturated heterocycles. The Balaban J connectivity index is 1.56. The van der Waals surface area contributed by atoms with Crippen LogP contribution in [0.4, 0.5) is 0 Å². The lowest BCUT2D eigenvalue weighted by atomic mass is 9.99. The lowest BCUT2D eigenvalue weighted by Gasteiger charge is -2.23. The molecule has 2 atom stereocenters. The summed E-state index contributed by atoms with van der Waals surface area (Å²) in [7, 11) is 2.14. The predicted molar refractivity (Wildman–Crippen MR) is 121 cm³/mol. The first kappa shape index (κ1) is 18.8. The van der Waals surface area contributed by atoms with Gasteiger partial charge in [0.15, 0.2) is 0 Å². The fraction of sp³-hybridized carbons (Fsp3) is 0.292. The first-order valence-electron chi connectivity index (χ1n) is 10.4. The second kappa shape index (κ2) is 6.92. The summed E-state index contributed by atoms with van der Waals surface area (Å²) < 4.78 is 3.97. The van der Waals surface area contributed by atoms with Crippen LogP contribution >= 0.6 is 0 Å². The quantitative estimate of drug-likeness (QED) is 0.589. The predicted octanol–water partition coefficient (Wildman–Crippen LogP) is 2.84. The number of allylic oxidation sites excluding steroid dienone is 3. The average Bonchev–Trinajstić information content (AvgIpc) is 3.24. The average molecular weight is 402 g/mol. The van der Waals surface area contributed by atoms with E-state index >= 15 is 0 Å². The number of nitrogens with two attached hydrogens (primary N) is 2. The van der Waals surface area contributed by atoms with Crippen molar-refractivity contribution in [2.24, 2.45) is 18.5 Å². The molecule has 0 spiro atoms. The summed E-state index contributed by atoms with van der Waals surface area (Å²) in [5.41, 5.74) is 18.4. The van der Waals surface area contributed by atoms with Crippen LogP contribution in [-0.4, -0.2) is 15.2 Å². The Bertz CT molecular complexity index is 1270. The molecule has 3 aromatic rings. The Kier molecular flexibility index (Phi) is 4.33. The number of rotatable bonds is 3. The first-order chi connectivity index (χ1) is 14.4. The number of fused-ring (bicyclic) bond motifs is 6. The highest BCUT2D eigenvalue weighted by Gasteiger charge is 2.35. The van der Waals surface area contributed by atoms with Crippen LogP contribution in [0.1, 0.15) is 42.6 Å². The monoisotopic (exact) mass is 401 g/mol. The minimum Gasteiger partial charge on any atom is -0.402 e. The zero-order valence-corrected chi connectivity index (χ0v) is 17.4. The van der Waals surface area contributed by atoms with E-state index in [-0.39, 0.29) is 5.56 Å². The van der Waals surface area contributed by atoms with Crippen molar-refractivity contribution < 1.29 is 0 Å². The molecule has 1 aromatic carbocycles. The van der Waals surface area contributed by atoms with Crippen LogP contribution in [0.2, 0.25) is 0 Å². The topological polar surface area (TPSA) is 91.0 Å². The van der Waals surface area contributed by atoms with Gasteiger partial charge in [-0.2, -0.15) is 0 Å². The van der Waals surface area contributed by atoms with Crippen LogP contribution in [0.25, 0.3) is 22.3 Å². The number of aryl methyl sites for hydroxylation is 1. The summed E-state index contributed by atoms with van der Waals surface area (Å²) in [6.07, 6.45) is 8.75. The maximum atomic E-state index is 12.8. The SMILES string of the molecule is C/C(N)=C/C=C(\N)c1ccn(-c2ccc3c4c(n(C)c3c2)CC2CCC4N2)c(=O)c1. The van der Waals surface area contributed by atoms with Crippen LogP contribution < -0.4 is 22.3 Å². The van der Waals surface area contributed by atoms with Gasteiger partial charge in [-0.3, -0.25) is 9.36 Å². The molecule has 0 amide bonds. The number of hydrogen-bond acceptors (Lipinski definition) is 4. The van der Waals surface area contributed by atoms with Crippen LogP contribution in [0, 0.1) is 0 Å². The van der Waals surface area contributed by atoms with Gasteiger partial charge in [0.25, 0.3) is 5.56 Å². The zero-order chi connectivity index (χ0) is 21.0. The fourth-order valence-electron chi connectivity index (χ4n) is 4.92. The van der Waals surface area contributed by atoms with Crippen LogP contribution in [0.15, 0.2) is 59.2 Å². The maximum absolute atomic E-state index is 12.8. The maximum Gasteiger partial charge on any atom is 0.255 e. The minimum absolute atomic E-state index is 0.114. The highest BCUT2D eigenvalue weighted by atomic mass is 16.1. The third-order valence-electron chi connectivity index (χ3n) is 6.43. The molecular formula is C24H27N5O. The molecular weight excluding hydrogens is 374 g/mol. The van der Waals surface area contributed by atoms with E-state index in [9.17, 15) is 4.79 Å². The van der Waals surface area contributed by atoms with Gasteiger partial charge in [-0.15, -0.1) is 0 Å². The lowest BCUT2D eigenvalue weighted by Crippen LogP contribution is -2.32. The number of pyridine rings is 1. The van der Waals surface area contributed by atoms with Crippen LogP contribution in [0.3, 0.4) is 0 Å². The van der Waals surface area contributed by atoms with Gasteiger partial charge in [-0.1, -0.05) is 6.07 Å². The van der Waals surface area contributed by atoms with Gasteiger partial charge in [0.1, 0.15) is 0 Å². The second-order valence-electron chi connectivity index (χ2n) is 8.47. The molecule has 2 aromatic heterocycles. The number of nitrogens with one attached hydrogen (secondary N) is 1. The summed E-state index contributed by atoms with van der Waals surface area (Å²) in [6, 6.07) is 10.8. The summed E-state index contributed by atoms with van der Waals surface area (Å²) in [5.74, 6) is 0. The van der Waals surface area contributed by atoms with Crippen molar-refractivity contribution in [1.29, 1.82) is 0 Å². The van der Waals surface area contributed by atoms with Gasteiger partial charge in [-0.25, -0.2) is 0 Å². The van der Waals surface area contributed by atoms with E-state index in [4.69, 9.17) is 11.5 Å². The smallest absolute Gasteiger partial charge is 0.255 e. The normalized spacial score (nSPS) is 21.3. The third kappa shape index (κ3) is 2.95. The third-order valence-corrected chi connectivity index (χ3v) is 6.43. The number of benzene rings is 1. The van der Waals surface area contributed by atoms with E-state index in [1.54, 1.807) is 35.9 Å². The van der Waals surface area contributed by atoms with Gasteiger partial charge in [0.2, 0.25) is 0 Å². The molecule has 2 aliphatic rings. The summed E-state index contributed by atoms with van der Waals surface area (Å²) in [6.45, 7) is 1.79. The Labute approximate surface area is 175 Å². The Morgan fingerprint density at radius 1 is 1.17 bits per heavy atom. The molecule has 6 nitrogen and oxygen atoms in total. The van der Waals surface area contributed by atoms with Crippen LogP contribution in [-0.2, 0) is 13.5 Å². The summed E-state index contributed by atoms with van der Waals surface area (Å²) in [5, 5.41) is 5.03. The molecule has 0 aliphatic carbocycles. The highest BCUT2D eigenvalue weighted by molar-refractivity contribution is 5.88. The van der Waals surface area contributed by atoms with Crippen molar-refractivity contribution in [1.82, 2.24) is 14.5 Å². The minimum atomic E-state index is -0.114. The largest absolute Gasteiger partial charge is 0.402 e. The molecule has 154 valence electrons. The Morgan fingerprint density at radius 2 is 2.00 bits per heavy atom. The number of nitrogens with zero attached hydrogens (tertiary/aromatic N) is 2. The van der Waals surface area contributed by atoms with Gasteiger partial charge in [0.05, 0.1) is 11.2 Å². The number of aromatic nitrogens is 2. The zero-order valence-electron chi connectivity index (χ0n) is 17.4. The van der Waals surface area contributed by atoms with E-state index in [2.05, 4.69) is 29.1 Å². The molecule has 30 heavy (non-hydrogen) atoms. The second-order valence-corrected chi connectivity index (χ2v) is 8.47. The summed E-state index contributed by atoms with van der Waals surface area (Å²) >= 11 is 0. The standard InChI is InChI=1S/C24H27N5O/c1-14(25)3-7-19(26)15-9-10-29(23(30)11-15)17-5-6-18-21(13-17)28(2)22-12-16-4-8-20(27-16)24(18)22/h3,5-7,9-11,13,16,20,27H,4,8,12,25-26H2,1-2H3/b14-3-,19-7-. The van der Waals surface area contributed by atoms with E-state index in [1.807, 2.05) is 12.1 Å². The van der Waals surface area contributed by atoms with Crippen molar-refractivity contribution >= 4 is 16.6 Å². The molecule has 2 bridgehead atoms. The fourth-order valence-corrected chi connectivity index (χ4v) is 4.92. The summed E-state index contributed by atoms with van der Waals surface area (Å²) in [4.78, 5) is 12.8. The van der Waals surface area contributed by atoms with Gasteiger partial charge >= 0.3 is 0 Å². The molecule has 5 rings (SSSR count). The highest BCUT2D eigenvalue weighted by Crippen LogP contribution is 2.41. The van der Waals surface area contributed by atoms with E-state index in [1.165, 1.54) is 35.0 Å². The van der Waals surface area contributed by atoms with Crippen molar-refractivity contribution in [3.05, 3.63) is 81.6 Å². The van der Waals surface area contributed by atoms with Crippen molar-refractivity contribution in [3.63, 3.8) is 0 Å². The molecule has 2 aliphatic heterocycles. The lowest BCUT2D eigenvalue weighted by molar-refractivity contribution is 0.504. The van der Waals surface area contributed by atoms with Gasteiger partial charge in [0, 0.05) is 65.9 Å². The van der Waals surface area contributed by atoms with Gasteiger partial charge < -0.3 is 21.4 Å². The molecule has 4 heterocycles. The van der Waals surface area contributed by atoms with Crippen molar-refractivity contribution in [2.75, 3.05) is 0 Å². The molecule has 0 saturated carbocycles. The Hall–Kier alpha value is -3.25. The Morgan fingerprint density at radius 3 is 2.77 bits per heavy atom.